The van der Waals surface area contributed by atoms with Crippen molar-refractivity contribution in [2.45, 2.75) is 32.7 Å². The Balaban J connectivity index is 1.89. The van der Waals surface area contributed by atoms with Crippen molar-refractivity contribution in [3.63, 3.8) is 0 Å². The highest BCUT2D eigenvalue weighted by Crippen LogP contribution is 2.37. The fraction of sp³-hybridized carbons (Fsp3) is 0.412. The van der Waals surface area contributed by atoms with E-state index < -0.39 is 12.0 Å². The molecule has 2 N–H and O–H groups in total. The molecule has 128 valence electrons. The average Bonchev–Trinajstić information content (AvgIpc) is 3.01. The molecule has 3 rings (SSSR count). The molecule has 1 atom stereocenters. The Kier molecular flexibility index (Phi) is 4.59. The molecule has 0 aromatic heterocycles. The van der Waals surface area contributed by atoms with Gasteiger partial charge in [-0.2, -0.15) is 0 Å². The maximum absolute atomic E-state index is 12.5. The Bertz CT molecular complexity index is 698. The van der Waals surface area contributed by atoms with Crippen molar-refractivity contribution in [2.24, 2.45) is 0 Å². The molecule has 1 aromatic carbocycles. The number of ether oxygens (including phenoxy) is 3. The zero-order chi connectivity index (χ0) is 17.1. The minimum atomic E-state index is -0.595. The molecule has 24 heavy (non-hydrogen) atoms. The number of esters is 1. The van der Waals surface area contributed by atoms with Gasteiger partial charge in [0.25, 0.3) is 0 Å². The topological polar surface area (TPSA) is 85.9 Å². The van der Waals surface area contributed by atoms with Crippen molar-refractivity contribution in [3.05, 3.63) is 35.0 Å². The molecule has 0 unspecified atom stereocenters. The van der Waals surface area contributed by atoms with E-state index in [0.29, 0.717) is 29.4 Å². The van der Waals surface area contributed by atoms with E-state index in [-0.39, 0.29) is 12.8 Å². The van der Waals surface area contributed by atoms with Crippen molar-refractivity contribution in [3.8, 4) is 11.5 Å². The normalized spacial score (nSPS) is 18.9. The highest BCUT2D eigenvalue weighted by atomic mass is 16.7. The van der Waals surface area contributed by atoms with Gasteiger partial charge in [0.05, 0.1) is 18.2 Å². The van der Waals surface area contributed by atoms with Crippen molar-refractivity contribution in [1.29, 1.82) is 0 Å². The smallest absolute Gasteiger partial charge is 0.338 e. The van der Waals surface area contributed by atoms with Gasteiger partial charge in [-0.25, -0.2) is 9.59 Å². The highest BCUT2D eigenvalue weighted by Gasteiger charge is 2.33. The molecule has 0 saturated carbocycles. The van der Waals surface area contributed by atoms with Gasteiger partial charge in [-0.1, -0.05) is 19.4 Å². The van der Waals surface area contributed by atoms with E-state index in [1.807, 2.05) is 6.92 Å². The highest BCUT2D eigenvalue weighted by molar-refractivity contribution is 5.95. The summed E-state index contributed by atoms with van der Waals surface area (Å²) in [7, 11) is 0. The van der Waals surface area contributed by atoms with Crippen molar-refractivity contribution in [2.75, 3.05) is 13.4 Å². The number of amides is 2. The maximum atomic E-state index is 12.5. The van der Waals surface area contributed by atoms with Crippen molar-refractivity contribution in [1.82, 2.24) is 10.6 Å². The second-order valence-electron chi connectivity index (χ2n) is 5.67. The van der Waals surface area contributed by atoms with Crippen LogP contribution in [0.1, 0.15) is 38.3 Å². The molecule has 2 aliphatic heterocycles. The second-order valence-corrected chi connectivity index (χ2v) is 5.67. The zero-order valence-corrected chi connectivity index (χ0v) is 13.7. The van der Waals surface area contributed by atoms with Gasteiger partial charge in [0.1, 0.15) is 0 Å². The Labute approximate surface area is 140 Å². The summed E-state index contributed by atoms with van der Waals surface area (Å²) in [6.07, 6.45) is 1.73. The van der Waals surface area contributed by atoms with Gasteiger partial charge in [0.15, 0.2) is 11.5 Å². The first-order valence-electron chi connectivity index (χ1n) is 7.95. The summed E-state index contributed by atoms with van der Waals surface area (Å²) in [5, 5.41) is 5.40. The Morgan fingerprint density at radius 1 is 1.33 bits per heavy atom. The molecule has 7 nitrogen and oxygen atoms in total. The lowest BCUT2D eigenvalue weighted by Gasteiger charge is -2.28. The van der Waals surface area contributed by atoms with Crippen molar-refractivity contribution >= 4 is 12.0 Å². The van der Waals surface area contributed by atoms with Crippen LogP contribution in [-0.2, 0) is 9.53 Å². The molecular formula is C17H20N2O5. The van der Waals surface area contributed by atoms with Gasteiger partial charge in [-0.05, 0) is 31.0 Å². The summed E-state index contributed by atoms with van der Waals surface area (Å²) in [6.45, 7) is 4.23. The lowest BCUT2D eigenvalue weighted by Crippen LogP contribution is -2.45. The van der Waals surface area contributed by atoms with Crippen LogP contribution in [0.25, 0.3) is 0 Å². The number of rotatable bonds is 5. The molecule has 2 amide bonds. The van der Waals surface area contributed by atoms with Crippen LogP contribution in [0.4, 0.5) is 4.79 Å². The molecule has 2 aliphatic rings. The zero-order valence-electron chi connectivity index (χ0n) is 13.7. The van der Waals surface area contributed by atoms with Crippen LogP contribution in [0, 0.1) is 0 Å². The number of allylic oxidation sites excluding steroid dienone is 1. The summed E-state index contributed by atoms with van der Waals surface area (Å²) >= 11 is 0. The third-order valence-corrected chi connectivity index (χ3v) is 3.95. The van der Waals surface area contributed by atoms with E-state index >= 15 is 0 Å². The number of hydrogen-bond acceptors (Lipinski definition) is 5. The molecule has 0 saturated heterocycles. The van der Waals surface area contributed by atoms with E-state index in [9.17, 15) is 9.59 Å². The number of benzene rings is 1. The number of fused-ring (bicyclic) bond motifs is 1. The Hall–Kier alpha value is -2.70. The molecular weight excluding hydrogens is 312 g/mol. The summed E-state index contributed by atoms with van der Waals surface area (Å²) < 4.78 is 16.0. The molecule has 0 aliphatic carbocycles. The van der Waals surface area contributed by atoms with Crippen LogP contribution >= 0.6 is 0 Å². The SMILES string of the molecule is CCCCOC(=O)C1=C(C)NC(=O)N[C@@H]1c1ccc2c(c1)OCO2. The van der Waals surface area contributed by atoms with Gasteiger partial charge in [-0.3, -0.25) is 0 Å². The fourth-order valence-electron chi connectivity index (χ4n) is 2.69. The number of nitrogens with one attached hydrogen (secondary N) is 2. The fourth-order valence-corrected chi connectivity index (χ4v) is 2.69. The third-order valence-electron chi connectivity index (χ3n) is 3.95. The molecule has 0 bridgehead atoms. The Morgan fingerprint density at radius 3 is 2.92 bits per heavy atom. The summed E-state index contributed by atoms with van der Waals surface area (Å²) in [4.78, 5) is 24.3. The van der Waals surface area contributed by atoms with Crippen LogP contribution < -0.4 is 20.1 Å². The minimum absolute atomic E-state index is 0.165. The first-order valence-corrected chi connectivity index (χ1v) is 7.95. The van der Waals surface area contributed by atoms with E-state index in [0.717, 1.165) is 18.4 Å². The largest absolute Gasteiger partial charge is 0.462 e. The summed E-state index contributed by atoms with van der Waals surface area (Å²) in [5.74, 6) is 0.805. The van der Waals surface area contributed by atoms with Crippen LogP contribution in [0.3, 0.4) is 0 Å². The van der Waals surface area contributed by atoms with Crippen LogP contribution in [0.2, 0.25) is 0 Å². The predicted octanol–water partition coefficient (Wildman–Crippen LogP) is 2.39. The quantitative estimate of drug-likeness (QED) is 0.639. The lowest BCUT2D eigenvalue weighted by atomic mass is 9.95. The second kappa shape index (κ2) is 6.82. The average molecular weight is 332 g/mol. The molecule has 1 aromatic rings. The molecule has 0 spiro atoms. The van der Waals surface area contributed by atoms with Gasteiger partial charge >= 0.3 is 12.0 Å². The van der Waals surface area contributed by atoms with E-state index in [1.54, 1.807) is 25.1 Å². The first-order chi connectivity index (χ1) is 11.6. The van der Waals surface area contributed by atoms with Crippen LogP contribution in [-0.4, -0.2) is 25.4 Å². The Morgan fingerprint density at radius 2 is 2.12 bits per heavy atom. The van der Waals surface area contributed by atoms with E-state index in [4.69, 9.17) is 14.2 Å². The van der Waals surface area contributed by atoms with Crippen molar-refractivity contribution < 1.29 is 23.8 Å². The molecule has 0 radical (unpaired) electrons. The van der Waals surface area contributed by atoms with E-state index in [2.05, 4.69) is 10.6 Å². The summed E-state index contributed by atoms with van der Waals surface area (Å²) in [6, 6.07) is 4.38. The number of urea groups is 1. The first kappa shape index (κ1) is 16.2. The van der Waals surface area contributed by atoms with E-state index in [1.165, 1.54) is 0 Å². The number of carbonyl (C=O) groups is 2. The van der Waals surface area contributed by atoms with Crippen LogP contribution in [0.5, 0.6) is 11.5 Å². The van der Waals surface area contributed by atoms with Gasteiger partial charge in [-0.15, -0.1) is 0 Å². The predicted molar refractivity (Wildman–Crippen MR) is 85.5 cm³/mol. The molecule has 0 fully saturated rings. The maximum Gasteiger partial charge on any atom is 0.338 e. The van der Waals surface area contributed by atoms with Gasteiger partial charge in [0, 0.05) is 5.70 Å². The van der Waals surface area contributed by atoms with Gasteiger partial charge in [0.2, 0.25) is 6.79 Å². The van der Waals surface area contributed by atoms with Crippen LogP contribution in [0.15, 0.2) is 29.5 Å². The third kappa shape index (κ3) is 3.15. The van der Waals surface area contributed by atoms with Gasteiger partial charge < -0.3 is 24.8 Å². The molecule has 7 heteroatoms. The monoisotopic (exact) mass is 332 g/mol. The number of hydrogen-bond donors (Lipinski definition) is 2. The minimum Gasteiger partial charge on any atom is -0.462 e. The number of unbranched alkanes of at least 4 members (excludes halogenated alkanes) is 1. The lowest BCUT2D eigenvalue weighted by molar-refractivity contribution is -0.139. The standard InChI is InChI=1S/C17H20N2O5/c1-3-4-7-22-16(20)14-10(2)18-17(21)19-15(14)11-5-6-12-13(8-11)24-9-23-12/h5-6,8,15H,3-4,7,9H2,1-2H3,(H2,18,19,21)/t15-/m1/s1. The molecule has 2 heterocycles. The number of carbonyl (C=O) groups excluding carboxylic acids is 2. The summed E-state index contributed by atoms with van der Waals surface area (Å²) in [5.41, 5.74) is 1.61.